The normalized spacial score (nSPS) is 11.2. The zero-order valence-electron chi connectivity index (χ0n) is 40.8. The number of nitrogens with zero attached hydrogens (tertiary/aromatic N) is 8. The topological polar surface area (TPSA) is 153 Å². The van der Waals surface area contributed by atoms with Crippen LogP contribution >= 0.6 is 0 Å². The molecular weight excluding hydrogens is 974 g/mol. The molecule has 0 aliphatic carbocycles. The average molecular weight is 1010 g/mol. The molecule has 0 fully saturated rings. The molecule has 78 heavy (non-hydrogen) atoms. The Bertz CT molecular complexity index is 4590. The number of aromatic nitrogens is 2. The second-order valence-corrected chi connectivity index (χ2v) is 18.8. The molecule has 2 aromatic heterocycles. The first-order valence-electron chi connectivity index (χ1n) is 24.4. The minimum atomic E-state index is -4.81. The van der Waals surface area contributed by atoms with Gasteiger partial charge < -0.3 is 9.13 Å². The number of benzene rings is 10. The van der Waals surface area contributed by atoms with Gasteiger partial charge in [0.25, 0.3) is 0 Å². The second kappa shape index (κ2) is 18.8. The molecule has 10 aromatic carbocycles. The van der Waals surface area contributed by atoms with Crippen LogP contribution in [0.4, 0.5) is 13.2 Å². The summed E-state index contributed by atoms with van der Waals surface area (Å²) in [6, 6.07) is 72.8. The molecule has 0 amide bonds. The SMILES string of the molecule is N#Cc1cccc(-c2ccc3c(c2)c2cc(-c4cccc(C#N)c4)ccc2n3-c2cc(C#N)c(-c3cc(C#N)cc(C(F)(F)F)c3)cc2-n2c3ccc(-c4cccc(C#N)c4)cc3c3cc(-c4cccc(C#N)c4)ccc32)c1. The van der Waals surface area contributed by atoms with E-state index in [0.29, 0.717) is 44.7 Å². The predicted molar refractivity (Wildman–Crippen MR) is 296 cm³/mol. The average Bonchev–Trinajstić information content (AvgIpc) is 4.19. The van der Waals surface area contributed by atoms with Gasteiger partial charge in [-0.05, 0) is 177 Å². The first-order chi connectivity index (χ1) is 38.0. The number of nitriles is 6. The Balaban J connectivity index is 1.22. The van der Waals surface area contributed by atoms with Gasteiger partial charge in [-0.3, -0.25) is 0 Å². The zero-order valence-corrected chi connectivity index (χ0v) is 40.8. The van der Waals surface area contributed by atoms with Crippen LogP contribution in [0.5, 0.6) is 0 Å². The van der Waals surface area contributed by atoms with Crippen molar-refractivity contribution in [2.75, 3.05) is 0 Å². The summed E-state index contributed by atoms with van der Waals surface area (Å²) in [6.07, 6.45) is -4.81. The van der Waals surface area contributed by atoms with Crippen molar-refractivity contribution in [3.63, 3.8) is 0 Å². The van der Waals surface area contributed by atoms with E-state index >= 15 is 0 Å². The van der Waals surface area contributed by atoms with E-state index in [-0.39, 0.29) is 22.3 Å². The summed E-state index contributed by atoms with van der Waals surface area (Å²) in [7, 11) is 0. The largest absolute Gasteiger partial charge is 0.416 e. The van der Waals surface area contributed by atoms with E-state index < -0.39 is 11.7 Å². The van der Waals surface area contributed by atoms with E-state index in [4.69, 9.17) is 0 Å². The van der Waals surface area contributed by atoms with E-state index in [2.05, 4.69) is 42.5 Å². The van der Waals surface area contributed by atoms with Crippen LogP contribution in [0.3, 0.4) is 0 Å². The highest BCUT2D eigenvalue weighted by Crippen LogP contribution is 2.45. The van der Waals surface area contributed by atoms with Crippen molar-refractivity contribution < 1.29 is 13.2 Å². The highest BCUT2D eigenvalue weighted by atomic mass is 19.4. The van der Waals surface area contributed by atoms with Crippen LogP contribution in [-0.4, -0.2) is 9.13 Å². The zero-order chi connectivity index (χ0) is 53.8. The molecule has 12 aromatic rings. The summed E-state index contributed by atoms with van der Waals surface area (Å²) in [5.41, 5.74) is 11.2. The van der Waals surface area contributed by atoms with Gasteiger partial charge in [-0.2, -0.15) is 44.7 Å². The van der Waals surface area contributed by atoms with E-state index in [0.717, 1.165) is 89.2 Å². The molecule has 0 aliphatic rings. The monoisotopic (exact) mass is 1010 g/mol. The lowest BCUT2D eigenvalue weighted by atomic mass is 9.94. The number of fused-ring (bicyclic) bond motifs is 6. The van der Waals surface area contributed by atoms with Crippen LogP contribution in [0.1, 0.15) is 38.9 Å². The van der Waals surface area contributed by atoms with E-state index in [1.807, 2.05) is 149 Å². The fourth-order valence-corrected chi connectivity index (χ4v) is 10.6. The lowest BCUT2D eigenvalue weighted by Crippen LogP contribution is -2.07. The molecule has 0 N–H and O–H groups in total. The minimum absolute atomic E-state index is 0.0153. The Labute approximate surface area is 444 Å². The van der Waals surface area contributed by atoms with Crippen LogP contribution in [0.2, 0.25) is 0 Å². The molecule has 0 saturated heterocycles. The number of hydrogen-bond donors (Lipinski definition) is 0. The Morgan fingerprint density at radius 2 is 0.615 bits per heavy atom. The fourth-order valence-electron chi connectivity index (χ4n) is 10.6. The van der Waals surface area contributed by atoms with Crippen molar-refractivity contribution in [2.45, 2.75) is 6.18 Å². The molecule has 0 unspecified atom stereocenters. The van der Waals surface area contributed by atoms with Gasteiger partial charge >= 0.3 is 6.18 Å². The fraction of sp³-hybridized carbons (Fsp3) is 0.0149. The van der Waals surface area contributed by atoms with Crippen molar-refractivity contribution in [1.82, 2.24) is 9.13 Å². The van der Waals surface area contributed by atoms with Gasteiger partial charge in [0, 0.05) is 27.1 Å². The predicted octanol–water partition coefficient (Wildman–Crippen LogP) is 16.5. The van der Waals surface area contributed by atoms with Crippen LogP contribution in [0.15, 0.2) is 200 Å². The van der Waals surface area contributed by atoms with Crippen molar-refractivity contribution >= 4 is 43.6 Å². The molecule has 2 heterocycles. The maximum absolute atomic E-state index is 14.7. The van der Waals surface area contributed by atoms with Gasteiger partial charge in [-0.15, -0.1) is 0 Å². The number of alkyl halides is 3. The maximum atomic E-state index is 14.7. The van der Waals surface area contributed by atoms with Crippen molar-refractivity contribution in [3.05, 3.63) is 239 Å². The first kappa shape index (κ1) is 47.5. The smallest absolute Gasteiger partial charge is 0.307 e. The van der Waals surface area contributed by atoms with E-state index in [9.17, 15) is 44.7 Å². The Morgan fingerprint density at radius 3 is 0.936 bits per heavy atom. The number of halogens is 3. The molecule has 0 spiro atoms. The Hall–Kier alpha value is -11.5. The first-order valence-corrected chi connectivity index (χ1v) is 24.4. The summed E-state index contributed by atoms with van der Waals surface area (Å²) in [5.74, 6) is 0. The molecule has 0 saturated carbocycles. The van der Waals surface area contributed by atoms with Crippen LogP contribution in [0, 0.1) is 68.0 Å². The number of hydrogen-bond acceptors (Lipinski definition) is 6. The third kappa shape index (κ3) is 8.17. The highest BCUT2D eigenvalue weighted by molar-refractivity contribution is 6.14. The third-order valence-electron chi connectivity index (χ3n) is 14.2. The molecule has 8 nitrogen and oxygen atoms in total. The van der Waals surface area contributed by atoms with Crippen LogP contribution < -0.4 is 0 Å². The molecule has 0 bridgehead atoms. The number of rotatable bonds is 7. The molecule has 11 heteroatoms. The Kier molecular flexibility index (Phi) is 11.4. The lowest BCUT2D eigenvalue weighted by molar-refractivity contribution is -0.137. The summed E-state index contributed by atoms with van der Waals surface area (Å²) in [6.45, 7) is 0. The summed E-state index contributed by atoms with van der Waals surface area (Å²) >= 11 is 0. The van der Waals surface area contributed by atoms with Gasteiger partial charge in [0.1, 0.15) is 0 Å². The summed E-state index contributed by atoms with van der Waals surface area (Å²) in [4.78, 5) is 0. The summed E-state index contributed by atoms with van der Waals surface area (Å²) < 4.78 is 48.1. The standard InChI is InChI=1S/C67H33F3N8/c68-67(69,70)55-26-44(38-75)25-53(27-55)56-33-66(78-63-19-15-51(47-11-3-7-42(23-47)36-73)30-59(63)60-31-52(16-20-64(60)78)48-12-4-8-43(24-48)37-74)65(32-54(56)39-76)77-61-17-13-49(45-9-1-5-40(21-45)34-71)28-57(61)58-29-50(14-18-62(58)77)46-10-2-6-41(22-46)35-72/h1-33H. The molecular formula is C67H33F3N8. The van der Waals surface area contributed by atoms with Crippen LogP contribution in [0.25, 0.3) is 111 Å². The Morgan fingerprint density at radius 1 is 0.295 bits per heavy atom. The third-order valence-corrected chi connectivity index (χ3v) is 14.2. The van der Waals surface area contributed by atoms with Crippen LogP contribution in [-0.2, 0) is 6.18 Å². The van der Waals surface area contributed by atoms with Crippen molar-refractivity contribution in [1.29, 1.82) is 31.6 Å². The molecule has 12 rings (SSSR count). The quantitative estimate of drug-likeness (QED) is 0.155. The molecule has 0 aliphatic heterocycles. The van der Waals surface area contributed by atoms with Gasteiger partial charge in [-0.1, -0.05) is 72.8 Å². The summed E-state index contributed by atoms with van der Waals surface area (Å²) in [5, 5.41) is 63.9. The van der Waals surface area contributed by atoms with Gasteiger partial charge in [0.05, 0.1) is 109 Å². The van der Waals surface area contributed by atoms with Crippen molar-refractivity contribution in [2.24, 2.45) is 0 Å². The second-order valence-electron chi connectivity index (χ2n) is 18.8. The van der Waals surface area contributed by atoms with Gasteiger partial charge in [0.15, 0.2) is 0 Å². The molecule has 0 radical (unpaired) electrons. The van der Waals surface area contributed by atoms with Gasteiger partial charge in [-0.25, -0.2) is 0 Å². The molecule has 0 atom stereocenters. The maximum Gasteiger partial charge on any atom is 0.416 e. The lowest BCUT2D eigenvalue weighted by Gasteiger charge is -2.20. The minimum Gasteiger partial charge on any atom is -0.307 e. The molecule has 362 valence electrons. The van der Waals surface area contributed by atoms with Gasteiger partial charge in [0.2, 0.25) is 0 Å². The van der Waals surface area contributed by atoms with E-state index in [1.165, 1.54) is 6.07 Å². The van der Waals surface area contributed by atoms with E-state index in [1.54, 1.807) is 36.4 Å². The highest BCUT2D eigenvalue weighted by Gasteiger charge is 2.32. The van der Waals surface area contributed by atoms with Crippen molar-refractivity contribution in [3.8, 4) is 103 Å².